The van der Waals surface area contributed by atoms with Crippen LogP contribution in [0.2, 0.25) is 0 Å². The first-order valence-electron chi connectivity index (χ1n) is 10.3. The number of methoxy groups -OCH3 is 2. The number of ether oxygens (including phenoxy) is 3. The van der Waals surface area contributed by atoms with Gasteiger partial charge in [0.2, 0.25) is 0 Å². The predicted octanol–water partition coefficient (Wildman–Crippen LogP) is 3.32. The number of thioether (sulfide) groups is 1. The molecule has 13 heteroatoms. The molecule has 178 valence electrons. The van der Waals surface area contributed by atoms with Crippen molar-refractivity contribution in [1.82, 2.24) is 25.0 Å². The number of fused-ring (bicyclic) bond motifs is 1. The number of nitrogen functional groups attached to an aromatic ring is 1. The van der Waals surface area contributed by atoms with Crippen molar-refractivity contribution in [2.45, 2.75) is 35.6 Å². The summed E-state index contributed by atoms with van der Waals surface area (Å²) in [6, 6.07) is 6.03. The lowest BCUT2D eigenvalue weighted by Gasteiger charge is -2.38. The summed E-state index contributed by atoms with van der Waals surface area (Å²) >= 11 is 4.38. The molecule has 4 heterocycles. The summed E-state index contributed by atoms with van der Waals surface area (Å²) in [5.74, 6) is 0.521. The Labute approximate surface area is 207 Å². The molecule has 1 aliphatic rings. The van der Waals surface area contributed by atoms with E-state index in [4.69, 9.17) is 19.9 Å². The first-order valence-corrected chi connectivity index (χ1v) is 12.9. The third-order valence-electron chi connectivity index (χ3n) is 5.33. The van der Waals surface area contributed by atoms with E-state index < -0.39 is 23.7 Å². The van der Waals surface area contributed by atoms with Crippen LogP contribution in [0.4, 0.5) is 5.13 Å². The Kier molecular flexibility index (Phi) is 6.55. The number of benzene rings is 1. The first-order chi connectivity index (χ1) is 16.5. The van der Waals surface area contributed by atoms with E-state index in [0.717, 1.165) is 15.1 Å². The molecule has 0 radical (unpaired) electrons. The van der Waals surface area contributed by atoms with Crippen molar-refractivity contribution in [3.05, 3.63) is 41.0 Å². The molecule has 3 aromatic heterocycles. The fourth-order valence-electron chi connectivity index (χ4n) is 3.77. The van der Waals surface area contributed by atoms with E-state index in [1.165, 1.54) is 23.1 Å². The first kappa shape index (κ1) is 23.2. The highest BCUT2D eigenvalue weighted by Gasteiger charge is 2.43. The maximum atomic E-state index is 10.5. The summed E-state index contributed by atoms with van der Waals surface area (Å²) < 4.78 is 20.6. The number of aliphatic hydroxyl groups excluding tert-OH is 1. The Hall–Kier alpha value is -2.55. The van der Waals surface area contributed by atoms with Crippen LogP contribution in [0.5, 0.6) is 0 Å². The summed E-state index contributed by atoms with van der Waals surface area (Å²) in [5, 5.41) is 21.4. The van der Waals surface area contributed by atoms with Crippen LogP contribution in [0.3, 0.4) is 0 Å². The molecule has 0 spiro atoms. The molecule has 34 heavy (non-hydrogen) atoms. The highest BCUT2D eigenvalue weighted by Crippen LogP contribution is 2.41. The smallest absolute Gasteiger partial charge is 0.180 e. The largest absolute Gasteiger partial charge is 0.495 e. The zero-order valence-corrected chi connectivity index (χ0v) is 20.9. The van der Waals surface area contributed by atoms with Crippen molar-refractivity contribution in [2.75, 3.05) is 20.0 Å². The van der Waals surface area contributed by atoms with Crippen LogP contribution in [0.25, 0.3) is 27.3 Å². The number of hydrogen-bond acceptors (Lipinski definition) is 12. The van der Waals surface area contributed by atoms with Gasteiger partial charge in [0.05, 0.1) is 35.1 Å². The van der Waals surface area contributed by atoms with Crippen molar-refractivity contribution in [2.24, 2.45) is 0 Å². The number of hydrogen-bond donors (Lipinski definition) is 2. The van der Waals surface area contributed by atoms with Gasteiger partial charge in [-0.05, 0) is 25.1 Å². The van der Waals surface area contributed by atoms with Gasteiger partial charge in [-0.1, -0.05) is 17.0 Å². The summed E-state index contributed by atoms with van der Waals surface area (Å²) in [5.41, 5.74) is 9.77. The van der Waals surface area contributed by atoms with Crippen molar-refractivity contribution < 1.29 is 19.3 Å². The van der Waals surface area contributed by atoms with Gasteiger partial charge in [0.1, 0.15) is 29.3 Å². The van der Waals surface area contributed by atoms with E-state index in [1.54, 1.807) is 43.4 Å². The number of nitrogens with two attached hydrogens (primary N) is 1. The second-order valence-corrected chi connectivity index (χ2v) is 10.4. The van der Waals surface area contributed by atoms with Crippen molar-refractivity contribution in [3.63, 3.8) is 0 Å². The topological polar surface area (TPSA) is 130 Å². The number of thiazole rings is 2. The highest BCUT2D eigenvalue weighted by atomic mass is 32.2. The summed E-state index contributed by atoms with van der Waals surface area (Å²) in [4.78, 5) is 9.60. The normalized spacial score (nSPS) is 21.8. The van der Waals surface area contributed by atoms with Gasteiger partial charge >= 0.3 is 0 Å². The Morgan fingerprint density at radius 2 is 2.12 bits per heavy atom. The SMILES string of the molecule is COC1=C(n2cc(-c3csc(N)n3)nn2)[C@@H](OC)C(C(C)O)O[C@@H]1Sc1ccc2ncsc2c1. The van der Waals surface area contributed by atoms with Crippen molar-refractivity contribution in [1.29, 1.82) is 0 Å². The number of rotatable bonds is 7. The molecule has 1 aliphatic heterocycles. The van der Waals surface area contributed by atoms with Crippen LogP contribution in [0, 0.1) is 0 Å². The molecule has 0 aliphatic carbocycles. The van der Waals surface area contributed by atoms with Crippen molar-refractivity contribution in [3.8, 4) is 11.4 Å². The highest BCUT2D eigenvalue weighted by molar-refractivity contribution is 8.00. The molecule has 0 saturated heterocycles. The van der Waals surface area contributed by atoms with Gasteiger partial charge < -0.3 is 25.1 Å². The Balaban J connectivity index is 1.57. The molecular weight excluding hydrogens is 496 g/mol. The molecule has 2 unspecified atom stereocenters. The van der Waals surface area contributed by atoms with Crippen LogP contribution in [0.1, 0.15) is 6.92 Å². The quantitative estimate of drug-likeness (QED) is 0.376. The Bertz CT molecular complexity index is 1330. The third kappa shape index (κ3) is 4.30. The van der Waals surface area contributed by atoms with Gasteiger partial charge in [0.15, 0.2) is 16.3 Å². The molecule has 5 rings (SSSR count). The van der Waals surface area contributed by atoms with E-state index >= 15 is 0 Å². The second-order valence-electron chi connectivity index (χ2n) is 7.50. The van der Waals surface area contributed by atoms with E-state index in [9.17, 15) is 5.11 Å². The molecule has 10 nitrogen and oxygen atoms in total. The number of aliphatic hydroxyl groups is 1. The number of nitrogens with zero attached hydrogens (tertiary/aromatic N) is 5. The molecule has 0 amide bonds. The average Bonchev–Trinajstić information content (AvgIpc) is 3.58. The average molecular weight is 519 g/mol. The van der Waals surface area contributed by atoms with Crippen LogP contribution >= 0.6 is 34.4 Å². The van der Waals surface area contributed by atoms with Crippen molar-refractivity contribution >= 4 is 55.5 Å². The number of aromatic nitrogens is 5. The van der Waals surface area contributed by atoms with Gasteiger partial charge in [0, 0.05) is 17.4 Å². The van der Waals surface area contributed by atoms with Gasteiger partial charge in [-0.3, -0.25) is 0 Å². The third-order valence-corrected chi connectivity index (χ3v) is 7.87. The molecule has 0 bridgehead atoms. The molecule has 4 aromatic rings. The monoisotopic (exact) mass is 518 g/mol. The Morgan fingerprint density at radius 1 is 1.26 bits per heavy atom. The second kappa shape index (κ2) is 9.60. The lowest BCUT2D eigenvalue weighted by Crippen LogP contribution is -2.48. The molecule has 0 fully saturated rings. The molecule has 3 N–H and O–H groups in total. The molecule has 0 saturated carbocycles. The van der Waals surface area contributed by atoms with Crippen LogP contribution in [-0.4, -0.2) is 68.0 Å². The number of anilines is 1. The molecule has 1 aromatic carbocycles. The lowest BCUT2D eigenvalue weighted by atomic mass is 10.0. The Morgan fingerprint density at radius 3 is 2.82 bits per heavy atom. The van der Waals surface area contributed by atoms with Gasteiger partial charge in [-0.15, -0.1) is 27.8 Å². The predicted molar refractivity (Wildman–Crippen MR) is 132 cm³/mol. The maximum absolute atomic E-state index is 10.5. The standard InChI is InChI=1S/C21H22N6O4S3/c1-10(28)17-18(29-2)16(27-7-13(25-26-27)14-8-32-21(22)24-14)19(30-3)20(31-17)34-11-4-5-12-15(6-11)33-9-23-12/h4-10,17-18,20,28H,1-3H3,(H2,22,24)/t10?,17?,18-,20-/m1/s1. The molecule has 4 atom stereocenters. The summed E-state index contributed by atoms with van der Waals surface area (Å²) in [7, 11) is 3.13. The minimum absolute atomic E-state index is 0.450. The zero-order chi connectivity index (χ0) is 23.8. The van der Waals surface area contributed by atoms with Crippen LogP contribution in [0.15, 0.2) is 45.9 Å². The fourth-order valence-corrected chi connectivity index (χ4v) is 6.20. The minimum Gasteiger partial charge on any atom is -0.495 e. The zero-order valence-electron chi connectivity index (χ0n) is 18.5. The molecular formula is C21H22N6O4S3. The van der Waals surface area contributed by atoms with E-state index in [2.05, 4.69) is 26.3 Å². The summed E-state index contributed by atoms with van der Waals surface area (Å²) in [6.07, 6.45) is -0.381. The van der Waals surface area contributed by atoms with Gasteiger partial charge in [-0.25, -0.2) is 14.6 Å². The van der Waals surface area contributed by atoms with Gasteiger partial charge in [0.25, 0.3) is 0 Å². The van der Waals surface area contributed by atoms with E-state index in [0.29, 0.717) is 28.0 Å². The lowest BCUT2D eigenvalue weighted by molar-refractivity contribution is -0.109. The minimum atomic E-state index is -0.813. The van der Waals surface area contributed by atoms with Gasteiger partial charge in [-0.2, -0.15) is 0 Å². The fraction of sp³-hybridized carbons (Fsp3) is 0.333. The summed E-state index contributed by atoms with van der Waals surface area (Å²) in [6.45, 7) is 1.67. The van der Waals surface area contributed by atoms with Crippen LogP contribution < -0.4 is 5.73 Å². The maximum Gasteiger partial charge on any atom is 0.180 e. The van der Waals surface area contributed by atoms with E-state index in [1.807, 2.05) is 23.0 Å². The van der Waals surface area contributed by atoms with E-state index in [-0.39, 0.29) is 0 Å². The van der Waals surface area contributed by atoms with Crippen LogP contribution in [-0.2, 0) is 14.2 Å².